The monoisotopic (exact) mass is 262 g/mol. The maximum atomic E-state index is 12.2. The molecule has 2 saturated heterocycles. The predicted molar refractivity (Wildman–Crippen MR) is 69.5 cm³/mol. The third kappa shape index (κ3) is 3.83. The van der Waals surface area contributed by atoms with Gasteiger partial charge in [-0.15, -0.1) is 12.4 Å². The lowest BCUT2D eigenvalue weighted by atomic mass is 10.0. The largest absolute Gasteiger partial charge is 0.381 e. The molecule has 0 aromatic rings. The SMILES string of the molecule is CN(C(=O)C1CCOC1)C1CCCNCC1.Cl. The molecule has 17 heavy (non-hydrogen) atoms. The van der Waals surface area contributed by atoms with Gasteiger partial charge in [0.05, 0.1) is 12.5 Å². The summed E-state index contributed by atoms with van der Waals surface area (Å²) in [5.74, 6) is 0.394. The summed E-state index contributed by atoms with van der Waals surface area (Å²) in [6, 6.07) is 0.420. The maximum absolute atomic E-state index is 12.2. The van der Waals surface area contributed by atoms with Crippen LogP contribution in [0.1, 0.15) is 25.7 Å². The quantitative estimate of drug-likeness (QED) is 0.809. The molecule has 0 aromatic carbocycles. The summed E-state index contributed by atoms with van der Waals surface area (Å²) in [5.41, 5.74) is 0. The highest BCUT2D eigenvalue weighted by molar-refractivity contribution is 5.85. The van der Waals surface area contributed by atoms with E-state index in [4.69, 9.17) is 4.74 Å². The Hall–Kier alpha value is -0.320. The molecule has 1 N–H and O–H groups in total. The van der Waals surface area contributed by atoms with Gasteiger partial charge < -0.3 is 15.0 Å². The van der Waals surface area contributed by atoms with Gasteiger partial charge in [-0.1, -0.05) is 0 Å². The number of carbonyl (C=O) groups excluding carboxylic acids is 1. The molecule has 0 saturated carbocycles. The van der Waals surface area contributed by atoms with E-state index >= 15 is 0 Å². The minimum Gasteiger partial charge on any atom is -0.381 e. The number of rotatable bonds is 2. The van der Waals surface area contributed by atoms with Crippen molar-refractivity contribution in [3.8, 4) is 0 Å². The van der Waals surface area contributed by atoms with Gasteiger partial charge in [-0.25, -0.2) is 0 Å². The van der Waals surface area contributed by atoms with Crippen LogP contribution in [0.4, 0.5) is 0 Å². The van der Waals surface area contributed by atoms with E-state index in [9.17, 15) is 4.79 Å². The van der Waals surface area contributed by atoms with Crippen molar-refractivity contribution in [3.63, 3.8) is 0 Å². The molecular weight excluding hydrogens is 240 g/mol. The van der Waals surface area contributed by atoms with E-state index in [0.29, 0.717) is 12.6 Å². The van der Waals surface area contributed by atoms with E-state index in [1.165, 1.54) is 6.42 Å². The standard InChI is InChI=1S/C12H22N2O2.ClH/c1-14(11-3-2-6-13-7-4-11)12(15)10-5-8-16-9-10;/h10-11,13H,2-9H2,1H3;1H. The number of nitrogens with one attached hydrogen (secondary N) is 1. The summed E-state index contributed by atoms with van der Waals surface area (Å²) in [7, 11) is 1.96. The second kappa shape index (κ2) is 7.19. The van der Waals surface area contributed by atoms with Gasteiger partial charge >= 0.3 is 0 Å². The summed E-state index contributed by atoms with van der Waals surface area (Å²) in [6.07, 6.45) is 4.27. The van der Waals surface area contributed by atoms with Gasteiger partial charge in [0, 0.05) is 19.7 Å². The topological polar surface area (TPSA) is 41.6 Å². The Morgan fingerprint density at radius 3 is 2.82 bits per heavy atom. The number of nitrogens with zero attached hydrogens (tertiary/aromatic N) is 1. The van der Waals surface area contributed by atoms with E-state index in [1.54, 1.807) is 0 Å². The van der Waals surface area contributed by atoms with Gasteiger partial charge in [0.1, 0.15) is 0 Å². The molecule has 2 unspecified atom stereocenters. The molecule has 0 bridgehead atoms. The number of ether oxygens (including phenoxy) is 1. The van der Waals surface area contributed by atoms with Crippen molar-refractivity contribution in [2.45, 2.75) is 31.7 Å². The Morgan fingerprint density at radius 1 is 1.29 bits per heavy atom. The summed E-state index contributed by atoms with van der Waals surface area (Å²) >= 11 is 0. The number of carbonyl (C=O) groups is 1. The zero-order valence-corrected chi connectivity index (χ0v) is 11.3. The lowest BCUT2D eigenvalue weighted by Crippen LogP contribution is -2.41. The molecule has 2 atom stereocenters. The molecule has 100 valence electrons. The van der Waals surface area contributed by atoms with Gasteiger partial charge in [0.2, 0.25) is 5.91 Å². The van der Waals surface area contributed by atoms with E-state index in [2.05, 4.69) is 5.32 Å². The Balaban J connectivity index is 0.00000144. The van der Waals surface area contributed by atoms with Crippen molar-refractivity contribution in [2.24, 2.45) is 5.92 Å². The van der Waals surface area contributed by atoms with Gasteiger partial charge in [-0.05, 0) is 38.8 Å². The van der Waals surface area contributed by atoms with Crippen molar-refractivity contribution in [1.82, 2.24) is 10.2 Å². The first-order valence-corrected chi connectivity index (χ1v) is 6.34. The lowest BCUT2D eigenvalue weighted by Gasteiger charge is -2.29. The van der Waals surface area contributed by atoms with Crippen molar-refractivity contribution in [1.29, 1.82) is 0 Å². The number of hydrogen-bond donors (Lipinski definition) is 1. The molecule has 0 aromatic heterocycles. The summed E-state index contributed by atoms with van der Waals surface area (Å²) in [6.45, 7) is 3.49. The van der Waals surface area contributed by atoms with Crippen LogP contribution in [0.2, 0.25) is 0 Å². The van der Waals surface area contributed by atoms with Crippen LogP contribution in [0, 0.1) is 5.92 Å². The third-order valence-electron chi connectivity index (χ3n) is 3.72. The second-order valence-corrected chi connectivity index (χ2v) is 4.84. The Kier molecular flexibility index (Phi) is 6.23. The van der Waals surface area contributed by atoms with Crippen molar-refractivity contribution in [2.75, 3.05) is 33.4 Å². The highest BCUT2D eigenvalue weighted by atomic mass is 35.5. The zero-order chi connectivity index (χ0) is 11.4. The average molecular weight is 263 g/mol. The Bertz CT molecular complexity index is 237. The van der Waals surface area contributed by atoms with Crippen molar-refractivity contribution < 1.29 is 9.53 Å². The van der Waals surface area contributed by atoms with Crippen molar-refractivity contribution in [3.05, 3.63) is 0 Å². The van der Waals surface area contributed by atoms with E-state index in [1.807, 2.05) is 11.9 Å². The van der Waals surface area contributed by atoms with Crippen LogP contribution in [0.3, 0.4) is 0 Å². The first-order chi connectivity index (χ1) is 7.79. The fourth-order valence-corrected chi connectivity index (χ4v) is 2.59. The molecule has 2 rings (SSSR count). The molecule has 5 heteroatoms. The van der Waals surface area contributed by atoms with Gasteiger partial charge in [0.15, 0.2) is 0 Å². The van der Waals surface area contributed by atoms with Gasteiger partial charge in [-0.2, -0.15) is 0 Å². The number of halogens is 1. The van der Waals surface area contributed by atoms with Gasteiger partial charge in [-0.3, -0.25) is 4.79 Å². The van der Waals surface area contributed by atoms with Crippen LogP contribution in [-0.2, 0) is 9.53 Å². The second-order valence-electron chi connectivity index (χ2n) is 4.84. The normalized spacial score (nSPS) is 29.2. The van der Waals surface area contributed by atoms with E-state index < -0.39 is 0 Å². The molecule has 2 fully saturated rings. The maximum Gasteiger partial charge on any atom is 0.228 e. The molecule has 2 heterocycles. The summed E-state index contributed by atoms with van der Waals surface area (Å²) in [5, 5.41) is 3.38. The molecule has 1 amide bonds. The van der Waals surface area contributed by atoms with Crippen LogP contribution in [0.5, 0.6) is 0 Å². The van der Waals surface area contributed by atoms with E-state index in [0.717, 1.165) is 39.0 Å². The Morgan fingerprint density at radius 2 is 2.12 bits per heavy atom. The summed E-state index contributed by atoms with van der Waals surface area (Å²) < 4.78 is 5.28. The highest BCUT2D eigenvalue weighted by Crippen LogP contribution is 2.19. The van der Waals surface area contributed by atoms with Crippen molar-refractivity contribution >= 4 is 18.3 Å². The fraction of sp³-hybridized carbons (Fsp3) is 0.917. The number of amides is 1. The van der Waals surface area contributed by atoms with Gasteiger partial charge in [0.25, 0.3) is 0 Å². The van der Waals surface area contributed by atoms with Crippen LogP contribution in [0.25, 0.3) is 0 Å². The van der Waals surface area contributed by atoms with Crippen LogP contribution in [0.15, 0.2) is 0 Å². The fourth-order valence-electron chi connectivity index (χ4n) is 2.59. The molecule has 0 aliphatic carbocycles. The highest BCUT2D eigenvalue weighted by Gasteiger charge is 2.29. The molecule has 0 spiro atoms. The third-order valence-corrected chi connectivity index (χ3v) is 3.72. The minimum absolute atomic E-state index is 0. The smallest absolute Gasteiger partial charge is 0.228 e. The first kappa shape index (κ1) is 14.7. The summed E-state index contributed by atoms with van der Waals surface area (Å²) in [4.78, 5) is 14.1. The average Bonchev–Trinajstić information content (AvgIpc) is 2.70. The molecular formula is C12H23ClN2O2. The van der Waals surface area contributed by atoms with Crippen LogP contribution >= 0.6 is 12.4 Å². The van der Waals surface area contributed by atoms with Crippen LogP contribution in [-0.4, -0.2) is 50.2 Å². The molecule has 0 radical (unpaired) electrons. The zero-order valence-electron chi connectivity index (χ0n) is 10.5. The lowest BCUT2D eigenvalue weighted by molar-refractivity contribution is -0.136. The molecule has 4 nitrogen and oxygen atoms in total. The minimum atomic E-state index is 0. The Labute approximate surface area is 109 Å². The number of hydrogen-bond acceptors (Lipinski definition) is 3. The molecule has 2 aliphatic rings. The predicted octanol–water partition coefficient (Wildman–Crippen LogP) is 1.05. The molecule has 2 aliphatic heterocycles. The van der Waals surface area contributed by atoms with E-state index in [-0.39, 0.29) is 24.2 Å². The first-order valence-electron chi connectivity index (χ1n) is 6.34. The van der Waals surface area contributed by atoms with Crippen LogP contribution < -0.4 is 5.32 Å².